The van der Waals surface area contributed by atoms with E-state index in [1.54, 1.807) is 0 Å². The van der Waals surface area contributed by atoms with Crippen LogP contribution in [0, 0.1) is 5.92 Å². The summed E-state index contributed by atoms with van der Waals surface area (Å²) in [5.74, 6) is 0.735. The number of ether oxygens (including phenoxy) is 2. The summed E-state index contributed by atoms with van der Waals surface area (Å²) in [6, 6.07) is -0.0143. The molecule has 98 valence electrons. The lowest BCUT2D eigenvalue weighted by atomic mass is 10.0. The molecule has 2 heterocycles. The summed E-state index contributed by atoms with van der Waals surface area (Å²) < 4.78 is 10.9. The van der Waals surface area contributed by atoms with Crippen LogP contribution in [-0.4, -0.2) is 56.0 Å². The van der Waals surface area contributed by atoms with Gasteiger partial charge in [-0.2, -0.15) is 0 Å². The molecule has 2 atom stereocenters. The number of carbonyl (C=O) groups is 1. The molecule has 2 rings (SSSR count). The summed E-state index contributed by atoms with van der Waals surface area (Å²) in [5.41, 5.74) is 0. The summed E-state index contributed by atoms with van der Waals surface area (Å²) in [6.45, 7) is 7.44. The summed E-state index contributed by atoms with van der Waals surface area (Å²) in [6.07, 6.45) is 0.935. The van der Waals surface area contributed by atoms with Gasteiger partial charge in [-0.15, -0.1) is 0 Å². The van der Waals surface area contributed by atoms with Crippen molar-refractivity contribution < 1.29 is 14.3 Å². The van der Waals surface area contributed by atoms with Crippen LogP contribution in [0.25, 0.3) is 0 Å². The van der Waals surface area contributed by atoms with Crippen LogP contribution in [0.15, 0.2) is 0 Å². The Balaban J connectivity index is 1.80. The van der Waals surface area contributed by atoms with E-state index in [0.29, 0.717) is 39.0 Å². The standard InChI is InChI=1S/C12H22N2O3/c1-9(2)5-11-12(15)14(8-13-11)6-10-7-16-3-4-17-10/h9-11,13H,3-8H2,1-2H3. The van der Waals surface area contributed by atoms with E-state index in [-0.39, 0.29) is 18.1 Å². The molecule has 17 heavy (non-hydrogen) atoms. The first-order valence-electron chi connectivity index (χ1n) is 6.38. The van der Waals surface area contributed by atoms with E-state index in [1.807, 2.05) is 4.90 Å². The van der Waals surface area contributed by atoms with Gasteiger partial charge in [0.25, 0.3) is 0 Å². The first kappa shape index (κ1) is 12.8. The minimum Gasteiger partial charge on any atom is -0.376 e. The molecular weight excluding hydrogens is 220 g/mol. The van der Waals surface area contributed by atoms with Gasteiger partial charge in [-0.25, -0.2) is 0 Å². The van der Waals surface area contributed by atoms with E-state index in [4.69, 9.17) is 9.47 Å². The molecule has 0 spiro atoms. The molecule has 2 fully saturated rings. The van der Waals surface area contributed by atoms with Crippen molar-refractivity contribution in [2.24, 2.45) is 5.92 Å². The highest BCUT2D eigenvalue weighted by molar-refractivity contribution is 5.83. The highest BCUT2D eigenvalue weighted by atomic mass is 16.6. The Bertz CT molecular complexity index is 264. The van der Waals surface area contributed by atoms with Crippen molar-refractivity contribution in [1.82, 2.24) is 10.2 Å². The summed E-state index contributed by atoms with van der Waals surface area (Å²) >= 11 is 0. The number of carbonyl (C=O) groups excluding carboxylic acids is 1. The minimum absolute atomic E-state index is 0.0143. The van der Waals surface area contributed by atoms with Gasteiger partial charge in [0.1, 0.15) is 0 Å². The topological polar surface area (TPSA) is 50.8 Å². The normalized spacial score (nSPS) is 30.3. The first-order valence-corrected chi connectivity index (χ1v) is 6.38. The van der Waals surface area contributed by atoms with Gasteiger partial charge < -0.3 is 14.4 Å². The maximum Gasteiger partial charge on any atom is 0.240 e. The minimum atomic E-state index is -0.0143. The van der Waals surface area contributed by atoms with Crippen molar-refractivity contribution in [2.75, 3.05) is 33.0 Å². The molecule has 0 bridgehead atoms. The van der Waals surface area contributed by atoms with Crippen molar-refractivity contribution in [3.8, 4) is 0 Å². The van der Waals surface area contributed by atoms with Gasteiger partial charge in [0.05, 0.1) is 45.2 Å². The largest absolute Gasteiger partial charge is 0.376 e. The number of nitrogens with one attached hydrogen (secondary N) is 1. The fourth-order valence-electron chi connectivity index (χ4n) is 2.30. The quantitative estimate of drug-likeness (QED) is 0.765. The predicted molar refractivity (Wildman–Crippen MR) is 63.5 cm³/mol. The molecule has 2 saturated heterocycles. The maximum atomic E-state index is 12.1. The van der Waals surface area contributed by atoms with Crippen LogP contribution >= 0.6 is 0 Å². The molecule has 0 aromatic rings. The highest BCUT2D eigenvalue weighted by Gasteiger charge is 2.33. The van der Waals surface area contributed by atoms with Crippen LogP contribution in [0.4, 0.5) is 0 Å². The Kier molecular flexibility index (Phi) is 4.36. The number of amides is 1. The summed E-state index contributed by atoms with van der Waals surface area (Å²) in [4.78, 5) is 13.9. The molecular formula is C12H22N2O3. The lowest BCUT2D eigenvalue weighted by molar-refractivity contribution is -0.135. The third kappa shape index (κ3) is 3.40. The summed E-state index contributed by atoms with van der Waals surface area (Å²) in [7, 11) is 0. The molecule has 1 amide bonds. The third-order valence-electron chi connectivity index (χ3n) is 3.15. The third-order valence-corrected chi connectivity index (χ3v) is 3.15. The number of hydrogen-bond donors (Lipinski definition) is 1. The van der Waals surface area contributed by atoms with Gasteiger partial charge in [-0.3, -0.25) is 10.1 Å². The van der Waals surface area contributed by atoms with Crippen LogP contribution < -0.4 is 5.32 Å². The van der Waals surface area contributed by atoms with E-state index < -0.39 is 0 Å². The molecule has 2 unspecified atom stereocenters. The summed E-state index contributed by atoms with van der Waals surface area (Å²) in [5, 5.41) is 3.26. The zero-order valence-corrected chi connectivity index (χ0v) is 10.6. The SMILES string of the molecule is CC(C)CC1NCN(CC2COCCO2)C1=O. The van der Waals surface area contributed by atoms with Crippen LogP contribution in [0.2, 0.25) is 0 Å². The fraction of sp³-hybridized carbons (Fsp3) is 0.917. The zero-order chi connectivity index (χ0) is 12.3. The molecule has 0 saturated carbocycles. The molecule has 0 aromatic heterocycles. The molecule has 2 aliphatic heterocycles. The van der Waals surface area contributed by atoms with Gasteiger partial charge in [-0.1, -0.05) is 13.8 Å². The average molecular weight is 242 g/mol. The van der Waals surface area contributed by atoms with Crippen molar-refractivity contribution in [3.63, 3.8) is 0 Å². The van der Waals surface area contributed by atoms with Crippen LogP contribution in [0.1, 0.15) is 20.3 Å². The Labute approximate surface area is 102 Å². The molecule has 0 aromatic carbocycles. The second kappa shape index (κ2) is 5.80. The lowest BCUT2D eigenvalue weighted by Crippen LogP contribution is -2.41. The fourth-order valence-corrected chi connectivity index (χ4v) is 2.30. The van der Waals surface area contributed by atoms with E-state index >= 15 is 0 Å². The van der Waals surface area contributed by atoms with Crippen LogP contribution in [-0.2, 0) is 14.3 Å². The molecule has 5 heteroatoms. The van der Waals surface area contributed by atoms with E-state index in [0.717, 1.165) is 6.42 Å². The first-order chi connectivity index (χ1) is 8.16. The van der Waals surface area contributed by atoms with Gasteiger partial charge >= 0.3 is 0 Å². The second-order valence-electron chi connectivity index (χ2n) is 5.17. The lowest BCUT2D eigenvalue weighted by Gasteiger charge is -2.27. The zero-order valence-electron chi connectivity index (χ0n) is 10.6. The van der Waals surface area contributed by atoms with E-state index in [9.17, 15) is 4.79 Å². The van der Waals surface area contributed by atoms with Crippen LogP contribution in [0.3, 0.4) is 0 Å². The Morgan fingerprint density at radius 1 is 1.47 bits per heavy atom. The molecule has 2 aliphatic rings. The van der Waals surface area contributed by atoms with E-state index in [1.165, 1.54) is 0 Å². The highest BCUT2D eigenvalue weighted by Crippen LogP contribution is 2.14. The predicted octanol–water partition coefficient (Wildman–Crippen LogP) is 0.206. The molecule has 5 nitrogen and oxygen atoms in total. The molecule has 1 N–H and O–H groups in total. The Morgan fingerprint density at radius 3 is 2.94 bits per heavy atom. The Hall–Kier alpha value is -0.650. The number of nitrogens with zero attached hydrogens (tertiary/aromatic N) is 1. The Morgan fingerprint density at radius 2 is 2.29 bits per heavy atom. The van der Waals surface area contributed by atoms with Gasteiger partial charge in [0.15, 0.2) is 0 Å². The van der Waals surface area contributed by atoms with Crippen molar-refractivity contribution >= 4 is 5.91 Å². The van der Waals surface area contributed by atoms with Gasteiger partial charge in [0, 0.05) is 0 Å². The maximum absolute atomic E-state index is 12.1. The average Bonchev–Trinajstić information content (AvgIpc) is 2.62. The number of hydrogen-bond acceptors (Lipinski definition) is 4. The molecule has 0 radical (unpaired) electrons. The number of rotatable bonds is 4. The van der Waals surface area contributed by atoms with Crippen molar-refractivity contribution in [3.05, 3.63) is 0 Å². The smallest absolute Gasteiger partial charge is 0.240 e. The van der Waals surface area contributed by atoms with Crippen LogP contribution in [0.5, 0.6) is 0 Å². The van der Waals surface area contributed by atoms with Gasteiger partial charge in [-0.05, 0) is 12.3 Å². The van der Waals surface area contributed by atoms with Crippen molar-refractivity contribution in [1.29, 1.82) is 0 Å². The van der Waals surface area contributed by atoms with Crippen molar-refractivity contribution in [2.45, 2.75) is 32.4 Å². The second-order valence-corrected chi connectivity index (χ2v) is 5.17. The van der Waals surface area contributed by atoms with Gasteiger partial charge in [0.2, 0.25) is 5.91 Å². The van der Waals surface area contributed by atoms with E-state index in [2.05, 4.69) is 19.2 Å². The monoisotopic (exact) mass is 242 g/mol. The molecule has 0 aliphatic carbocycles.